The molecule has 0 aliphatic carbocycles. The third kappa shape index (κ3) is 4.44. The normalized spacial score (nSPS) is 19.0. The second-order valence-electron chi connectivity index (χ2n) is 5.72. The molecule has 1 fully saturated rings. The van der Waals surface area contributed by atoms with Gasteiger partial charge in [-0.1, -0.05) is 18.5 Å². The summed E-state index contributed by atoms with van der Waals surface area (Å²) in [4.78, 5) is 28.9. The average molecular weight is 376 g/mol. The summed E-state index contributed by atoms with van der Waals surface area (Å²) in [6, 6.07) is 1.38. The van der Waals surface area contributed by atoms with E-state index in [1.165, 1.54) is 12.3 Å². The molecule has 1 aromatic heterocycles. The lowest BCUT2D eigenvalue weighted by Crippen LogP contribution is -2.49. The van der Waals surface area contributed by atoms with Crippen molar-refractivity contribution in [3.05, 3.63) is 28.5 Å². The van der Waals surface area contributed by atoms with E-state index in [1.54, 1.807) is 0 Å². The number of carbonyl (C=O) groups is 2. The minimum absolute atomic E-state index is 0.117. The van der Waals surface area contributed by atoms with E-state index in [4.69, 9.17) is 21.6 Å². The number of aromatic nitrogens is 1. The smallest absolute Gasteiger partial charge is 0.426 e. The van der Waals surface area contributed by atoms with E-state index >= 15 is 0 Å². The molecule has 1 atom stereocenters. The molecular formula is C14H17BClF2N3O4. The molecule has 0 aromatic carbocycles. The van der Waals surface area contributed by atoms with Crippen molar-refractivity contribution in [3.8, 4) is 0 Å². The van der Waals surface area contributed by atoms with Gasteiger partial charge in [0.1, 0.15) is 0 Å². The van der Waals surface area contributed by atoms with Crippen LogP contribution in [0.2, 0.25) is 5.02 Å². The van der Waals surface area contributed by atoms with Crippen molar-refractivity contribution in [2.75, 3.05) is 13.1 Å². The van der Waals surface area contributed by atoms with Gasteiger partial charge in [0, 0.05) is 12.6 Å². The van der Waals surface area contributed by atoms with Crippen molar-refractivity contribution in [2.24, 2.45) is 0 Å². The highest BCUT2D eigenvalue weighted by Crippen LogP contribution is 2.32. The molecule has 0 unspecified atom stereocenters. The molecule has 1 aliphatic heterocycles. The molecule has 1 saturated heterocycles. The van der Waals surface area contributed by atoms with E-state index in [0.717, 1.165) is 0 Å². The quantitative estimate of drug-likeness (QED) is 0.641. The average Bonchev–Trinajstić information content (AvgIpc) is 2.88. The summed E-state index contributed by atoms with van der Waals surface area (Å²) < 4.78 is 26.9. The maximum absolute atomic E-state index is 13.4. The Morgan fingerprint density at radius 3 is 2.80 bits per heavy atom. The molecule has 2 heterocycles. The van der Waals surface area contributed by atoms with Crippen LogP contribution in [0.3, 0.4) is 0 Å². The molecule has 0 radical (unpaired) electrons. The first kappa shape index (κ1) is 19.5. The molecule has 1 aromatic rings. The van der Waals surface area contributed by atoms with E-state index in [1.807, 2.05) is 6.92 Å². The van der Waals surface area contributed by atoms with E-state index in [-0.39, 0.29) is 10.6 Å². The number of halogens is 3. The Labute approximate surface area is 148 Å². The van der Waals surface area contributed by atoms with Gasteiger partial charge in [0.25, 0.3) is 11.8 Å². The van der Waals surface area contributed by atoms with Gasteiger partial charge in [-0.2, -0.15) is 0 Å². The number of alkyl halides is 2. The predicted octanol–water partition coefficient (Wildman–Crippen LogP) is 0.275. The topological polar surface area (TPSA) is 103 Å². The highest BCUT2D eigenvalue weighted by molar-refractivity contribution is 6.43. The number of carbonyl (C=O) groups excluding carboxylic acids is 2. The van der Waals surface area contributed by atoms with Gasteiger partial charge in [0.05, 0.1) is 35.3 Å². The molecule has 2 rings (SSSR count). The Morgan fingerprint density at radius 2 is 2.20 bits per heavy atom. The monoisotopic (exact) mass is 375 g/mol. The minimum atomic E-state index is -3.21. The molecule has 0 saturated carbocycles. The van der Waals surface area contributed by atoms with Crippen LogP contribution in [0.1, 0.15) is 29.4 Å². The van der Waals surface area contributed by atoms with Crippen LogP contribution >= 0.6 is 11.6 Å². The first-order chi connectivity index (χ1) is 11.7. The fourth-order valence-electron chi connectivity index (χ4n) is 2.65. The first-order valence-corrected chi connectivity index (χ1v) is 7.99. The zero-order chi connectivity index (χ0) is 18.8. The molecule has 7 nitrogen and oxygen atoms in total. The zero-order valence-electron chi connectivity index (χ0n) is 13.4. The number of nitrogens with zero attached hydrogens (tertiary/aromatic N) is 2. The number of hydrogen-bond donors (Lipinski definition) is 3. The second-order valence-corrected chi connectivity index (χ2v) is 6.10. The summed E-state index contributed by atoms with van der Waals surface area (Å²) in [5, 5.41) is 20.8. The van der Waals surface area contributed by atoms with E-state index in [9.17, 15) is 18.4 Å². The van der Waals surface area contributed by atoms with E-state index < -0.39 is 50.3 Å². The number of pyridine rings is 1. The third-order valence-electron chi connectivity index (χ3n) is 3.92. The Bertz CT molecular complexity index is 677. The summed E-state index contributed by atoms with van der Waals surface area (Å²) in [5.74, 6) is -6.12. The third-order valence-corrected chi connectivity index (χ3v) is 4.34. The minimum Gasteiger partial charge on any atom is -0.426 e. The number of likely N-dealkylation sites (tertiary alicyclic amines) is 1. The Hall–Kier alpha value is -1.78. The van der Waals surface area contributed by atoms with Crippen molar-refractivity contribution in [1.82, 2.24) is 15.2 Å². The molecule has 3 N–H and O–H groups in total. The van der Waals surface area contributed by atoms with Crippen molar-refractivity contribution in [2.45, 2.75) is 31.6 Å². The van der Waals surface area contributed by atoms with Gasteiger partial charge in [-0.05, 0) is 12.5 Å². The van der Waals surface area contributed by atoms with Crippen LogP contribution in [-0.4, -0.2) is 63.8 Å². The summed E-state index contributed by atoms with van der Waals surface area (Å²) >= 11 is 6.06. The largest absolute Gasteiger partial charge is 0.475 e. The van der Waals surface area contributed by atoms with Crippen LogP contribution in [0, 0.1) is 0 Å². The van der Waals surface area contributed by atoms with Crippen LogP contribution in [0.25, 0.3) is 0 Å². The highest BCUT2D eigenvalue weighted by Gasteiger charge is 2.51. The maximum atomic E-state index is 13.4. The molecule has 1 aliphatic rings. The van der Waals surface area contributed by atoms with Crippen molar-refractivity contribution < 1.29 is 28.4 Å². The fourth-order valence-corrected chi connectivity index (χ4v) is 2.98. The summed E-state index contributed by atoms with van der Waals surface area (Å²) in [5.41, 5.74) is 0.634. The Kier molecular flexibility index (Phi) is 5.97. The lowest BCUT2D eigenvalue weighted by molar-refractivity contribution is -0.131. The standard InChI is InChI=1S/C14H17BClF2N3O4/c1-2-9-12(16)8(3-4-19-9)13(23)20-6-11(22)21-7-14(17,18)5-10(21)15(24)25/h3-4,10,24-25H,2,5-7H2,1H3,(H,20,23)/t10-/m0/s1. The molecule has 0 spiro atoms. The summed E-state index contributed by atoms with van der Waals surface area (Å²) in [7, 11) is -2.09. The van der Waals surface area contributed by atoms with Crippen molar-refractivity contribution in [3.63, 3.8) is 0 Å². The van der Waals surface area contributed by atoms with Crippen LogP contribution in [0.4, 0.5) is 8.78 Å². The lowest BCUT2D eigenvalue weighted by Gasteiger charge is -2.23. The number of aryl methyl sites for hydroxylation is 1. The first-order valence-electron chi connectivity index (χ1n) is 7.61. The zero-order valence-corrected chi connectivity index (χ0v) is 14.1. The second kappa shape index (κ2) is 7.63. The summed E-state index contributed by atoms with van der Waals surface area (Å²) in [6.07, 6.45) is 1.07. The summed E-state index contributed by atoms with van der Waals surface area (Å²) in [6.45, 7) is 0.311. The molecular weight excluding hydrogens is 358 g/mol. The molecule has 25 heavy (non-hydrogen) atoms. The van der Waals surface area contributed by atoms with E-state index in [2.05, 4.69) is 10.3 Å². The molecule has 0 bridgehead atoms. The lowest BCUT2D eigenvalue weighted by atomic mass is 9.77. The SMILES string of the molecule is CCc1nccc(C(=O)NCC(=O)N2CC(F)(F)C[C@H]2B(O)O)c1Cl. The van der Waals surface area contributed by atoms with Crippen LogP contribution in [0.5, 0.6) is 0 Å². The molecule has 11 heteroatoms. The van der Waals surface area contributed by atoms with Gasteiger partial charge in [0.15, 0.2) is 0 Å². The van der Waals surface area contributed by atoms with E-state index in [0.29, 0.717) is 17.0 Å². The van der Waals surface area contributed by atoms with Gasteiger partial charge >= 0.3 is 7.12 Å². The predicted molar refractivity (Wildman–Crippen MR) is 86.2 cm³/mol. The highest BCUT2D eigenvalue weighted by atomic mass is 35.5. The van der Waals surface area contributed by atoms with Gasteiger partial charge in [0.2, 0.25) is 5.91 Å². The van der Waals surface area contributed by atoms with Crippen LogP contribution in [-0.2, 0) is 11.2 Å². The fraction of sp³-hybridized carbons (Fsp3) is 0.500. The van der Waals surface area contributed by atoms with Gasteiger partial charge in [-0.3, -0.25) is 14.6 Å². The number of rotatable bonds is 5. The van der Waals surface area contributed by atoms with Crippen molar-refractivity contribution in [1.29, 1.82) is 0 Å². The van der Waals surface area contributed by atoms with Crippen LogP contribution < -0.4 is 5.32 Å². The Morgan fingerprint density at radius 1 is 1.52 bits per heavy atom. The molecule has 136 valence electrons. The van der Waals surface area contributed by atoms with Gasteiger partial charge < -0.3 is 20.3 Å². The maximum Gasteiger partial charge on any atom is 0.475 e. The van der Waals surface area contributed by atoms with Crippen molar-refractivity contribution >= 4 is 30.5 Å². The number of hydrogen-bond acceptors (Lipinski definition) is 5. The van der Waals surface area contributed by atoms with Gasteiger partial charge in [-0.25, -0.2) is 8.78 Å². The number of amides is 2. The Balaban J connectivity index is 2.03. The van der Waals surface area contributed by atoms with Crippen LogP contribution in [0.15, 0.2) is 12.3 Å². The molecule has 2 amide bonds. The number of nitrogens with one attached hydrogen (secondary N) is 1. The van der Waals surface area contributed by atoms with Gasteiger partial charge in [-0.15, -0.1) is 0 Å².